The first-order valence-corrected chi connectivity index (χ1v) is 7.47. The molecule has 4 N–H and O–H groups in total. The van der Waals surface area contributed by atoms with E-state index in [1.165, 1.54) is 0 Å². The van der Waals surface area contributed by atoms with E-state index in [4.69, 9.17) is 5.73 Å². The molecule has 5 heteroatoms. The van der Waals surface area contributed by atoms with E-state index in [2.05, 4.69) is 15.5 Å². The normalized spacial score (nSPS) is 11.2. The first-order chi connectivity index (χ1) is 11.3. The average Bonchev–Trinajstić information content (AvgIpc) is 3.01. The van der Waals surface area contributed by atoms with Crippen LogP contribution in [0.2, 0.25) is 0 Å². The van der Waals surface area contributed by atoms with Crippen molar-refractivity contribution in [2.45, 2.75) is 0 Å². The van der Waals surface area contributed by atoms with Gasteiger partial charge in [-0.25, -0.2) is 0 Å². The van der Waals surface area contributed by atoms with Crippen LogP contribution in [-0.2, 0) is 0 Å². The first kappa shape index (κ1) is 15.0. The van der Waals surface area contributed by atoms with Crippen LogP contribution in [0, 0.1) is 0 Å². The highest BCUT2D eigenvalue weighted by atomic mass is 16.1. The number of rotatable bonds is 5. The van der Waals surface area contributed by atoms with Crippen molar-refractivity contribution < 1.29 is 4.79 Å². The molecule has 1 heterocycles. The highest BCUT2D eigenvalue weighted by molar-refractivity contribution is 5.94. The molecule has 0 bridgehead atoms. The van der Waals surface area contributed by atoms with Crippen LogP contribution in [0.3, 0.4) is 0 Å². The van der Waals surface area contributed by atoms with Gasteiger partial charge < -0.3 is 11.1 Å². The van der Waals surface area contributed by atoms with Gasteiger partial charge in [-0.2, -0.15) is 5.10 Å². The number of nitrogens with one attached hydrogen (secondary N) is 2. The number of carbonyl (C=O) groups excluding carboxylic acids is 1. The molecule has 1 aromatic heterocycles. The second kappa shape index (κ2) is 6.89. The van der Waals surface area contributed by atoms with Gasteiger partial charge in [0.1, 0.15) is 0 Å². The highest BCUT2D eigenvalue weighted by Gasteiger charge is 2.04. The molecule has 1 amide bonds. The van der Waals surface area contributed by atoms with Gasteiger partial charge in [0, 0.05) is 24.0 Å². The number of amides is 1. The van der Waals surface area contributed by atoms with Crippen molar-refractivity contribution >= 4 is 29.0 Å². The predicted molar refractivity (Wildman–Crippen MR) is 92.9 cm³/mol. The maximum Gasteiger partial charge on any atom is 0.251 e. The predicted octanol–water partition coefficient (Wildman–Crippen LogP) is 2.42. The van der Waals surface area contributed by atoms with E-state index in [1.807, 2.05) is 48.6 Å². The minimum absolute atomic E-state index is 0.107. The Bertz CT molecular complexity index is 834. The van der Waals surface area contributed by atoms with E-state index < -0.39 is 0 Å². The third-order valence-electron chi connectivity index (χ3n) is 3.54. The van der Waals surface area contributed by atoms with E-state index in [0.717, 1.165) is 22.2 Å². The molecule has 0 aliphatic carbocycles. The van der Waals surface area contributed by atoms with Gasteiger partial charge in [0.2, 0.25) is 0 Å². The van der Waals surface area contributed by atoms with Gasteiger partial charge in [-0.1, -0.05) is 36.4 Å². The van der Waals surface area contributed by atoms with Crippen molar-refractivity contribution in [3.8, 4) is 0 Å². The smallest absolute Gasteiger partial charge is 0.251 e. The number of para-hydroxylation sites is 1. The summed E-state index contributed by atoms with van der Waals surface area (Å²) in [6.07, 6.45) is 3.94. The molecule has 3 rings (SSSR count). The number of nitrogens with zero attached hydrogens (tertiary/aromatic N) is 1. The van der Waals surface area contributed by atoms with E-state index in [-0.39, 0.29) is 5.91 Å². The third-order valence-corrected chi connectivity index (χ3v) is 3.54. The highest BCUT2D eigenvalue weighted by Crippen LogP contribution is 2.17. The maximum atomic E-state index is 11.8. The number of aromatic amines is 1. The molecule has 116 valence electrons. The number of fused-ring (bicyclic) bond motifs is 1. The molecule has 0 atom stereocenters. The summed E-state index contributed by atoms with van der Waals surface area (Å²) < 4.78 is 0. The Morgan fingerprint density at radius 1 is 1.13 bits per heavy atom. The number of benzene rings is 2. The van der Waals surface area contributed by atoms with Crippen molar-refractivity contribution in [1.29, 1.82) is 0 Å². The lowest BCUT2D eigenvalue weighted by molar-refractivity contribution is 0.0955. The fraction of sp³-hybridized carbons (Fsp3) is 0.111. The molecule has 0 saturated heterocycles. The molecule has 0 fully saturated rings. The van der Waals surface area contributed by atoms with E-state index >= 15 is 0 Å². The Kier molecular flexibility index (Phi) is 4.49. The second-order valence-electron chi connectivity index (χ2n) is 5.15. The molecular weight excluding hydrogens is 288 g/mol. The Morgan fingerprint density at radius 3 is 2.70 bits per heavy atom. The van der Waals surface area contributed by atoms with Crippen molar-refractivity contribution in [3.63, 3.8) is 0 Å². The van der Waals surface area contributed by atoms with Crippen LogP contribution in [0.15, 0.2) is 48.5 Å². The van der Waals surface area contributed by atoms with Crippen molar-refractivity contribution in [3.05, 3.63) is 65.4 Å². The molecule has 3 aromatic rings. The summed E-state index contributed by atoms with van der Waals surface area (Å²) in [5, 5.41) is 11.1. The van der Waals surface area contributed by atoms with Crippen LogP contribution < -0.4 is 11.1 Å². The number of H-pyrrole nitrogens is 1. The first-order valence-electron chi connectivity index (χ1n) is 7.47. The summed E-state index contributed by atoms with van der Waals surface area (Å²) in [6, 6.07) is 15.4. The van der Waals surface area contributed by atoms with Gasteiger partial charge in [-0.15, -0.1) is 0 Å². The lowest BCUT2D eigenvalue weighted by atomic mass is 10.1. The number of hydrogen-bond acceptors (Lipinski definition) is 3. The van der Waals surface area contributed by atoms with Gasteiger partial charge >= 0.3 is 0 Å². The van der Waals surface area contributed by atoms with E-state index in [0.29, 0.717) is 18.7 Å². The Morgan fingerprint density at radius 2 is 1.91 bits per heavy atom. The molecule has 0 radical (unpaired) electrons. The average molecular weight is 306 g/mol. The zero-order chi connectivity index (χ0) is 16.1. The van der Waals surface area contributed by atoms with Crippen LogP contribution >= 0.6 is 0 Å². The summed E-state index contributed by atoms with van der Waals surface area (Å²) in [5.74, 6) is -0.107. The monoisotopic (exact) mass is 306 g/mol. The molecule has 0 aliphatic heterocycles. The second-order valence-corrected chi connectivity index (χ2v) is 5.15. The minimum Gasteiger partial charge on any atom is -0.351 e. The van der Waals surface area contributed by atoms with Gasteiger partial charge in [-0.3, -0.25) is 9.89 Å². The van der Waals surface area contributed by atoms with Crippen LogP contribution in [0.25, 0.3) is 23.1 Å². The zero-order valence-corrected chi connectivity index (χ0v) is 12.6. The van der Waals surface area contributed by atoms with Gasteiger partial charge in [0.25, 0.3) is 5.91 Å². The largest absolute Gasteiger partial charge is 0.351 e. The van der Waals surface area contributed by atoms with Gasteiger partial charge in [0.05, 0.1) is 11.2 Å². The molecule has 2 aromatic carbocycles. The summed E-state index contributed by atoms with van der Waals surface area (Å²) in [4.78, 5) is 11.8. The SMILES string of the molecule is NCCNC(=O)c1ccc(/C=C/c2n[nH]c3ccccc23)cc1. The number of nitrogens with two attached hydrogens (primary N) is 1. The van der Waals surface area contributed by atoms with Crippen molar-refractivity contribution in [2.75, 3.05) is 13.1 Å². The lowest BCUT2D eigenvalue weighted by Gasteiger charge is -2.03. The Balaban J connectivity index is 1.74. The summed E-state index contributed by atoms with van der Waals surface area (Å²) >= 11 is 0. The fourth-order valence-electron chi connectivity index (χ4n) is 2.32. The van der Waals surface area contributed by atoms with Crippen LogP contribution in [0.1, 0.15) is 21.6 Å². The summed E-state index contributed by atoms with van der Waals surface area (Å²) in [7, 11) is 0. The van der Waals surface area contributed by atoms with Gasteiger partial charge in [0.15, 0.2) is 0 Å². The molecule has 0 aliphatic rings. The quantitative estimate of drug-likeness (QED) is 0.677. The molecular formula is C18H18N4O. The lowest BCUT2D eigenvalue weighted by Crippen LogP contribution is -2.28. The molecule has 0 saturated carbocycles. The maximum absolute atomic E-state index is 11.8. The summed E-state index contributed by atoms with van der Waals surface area (Å²) in [6.45, 7) is 0.914. The minimum atomic E-state index is -0.107. The zero-order valence-electron chi connectivity index (χ0n) is 12.6. The number of carbonyl (C=O) groups is 1. The van der Waals surface area contributed by atoms with E-state index in [9.17, 15) is 4.79 Å². The van der Waals surface area contributed by atoms with E-state index in [1.54, 1.807) is 12.1 Å². The Hall–Kier alpha value is -2.92. The molecule has 23 heavy (non-hydrogen) atoms. The standard InChI is InChI=1S/C18H18N4O/c19-11-12-20-18(23)14-8-5-13(6-9-14)7-10-17-15-3-1-2-4-16(15)21-22-17/h1-10H,11-12,19H2,(H,20,23)(H,21,22)/b10-7+. The van der Waals surface area contributed by atoms with Crippen molar-refractivity contribution in [1.82, 2.24) is 15.5 Å². The molecule has 0 spiro atoms. The topological polar surface area (TPSA) is 83.8 Å². The van der Waals surface area contributed by atoms with Crippen LogP contribution in [0.4, 0.5) is 0 Å². The van der Waals surface area contributed by atoms with Crippen molar-refractivity contribution in [2.24, 2.45) is 5.73 Å². The van der Waals surface area contributed by atoms with Crippen LogP contribution in [0.5, 0.6) is 0 Å². The summed E-state index contributed by atoms with van der Waals surface area (Å²) in [5.41, 5.74) is 8.91. The third kappa shape index (κ3) is 3.46. The van der Waals surface area contributed by atoms with Crippen LogP contribution in [-0.4, -0.2) is 29.2 Å². The fourth-order valence-corrected chi connectivity index (χ4v) is 2.32. The Labute approximate surface area is 134 Å². The molecule has 5 nitrogen and oxygen atoms in total. The number of hydrogen-bond donors (Lipinski definition) is 3. The van der Waals surface area contributed by atoms with Gasteiger partial charge in [-0.05, 0) is 29.8 Å². The molecule has 0 unspecified atom stereocenters. The number of aromatic nitrogens is 2.